The summed E-state index contributed by atoms with van der Waals surface area (Å²) in [6, 6.07) is 8.79. The molecular formula is C20H14FIN2O3. The van der Waals surface area contributed by atoms with Gasteiger partial charge in [-0.3, -0.25) is 4.98 Å². The number of hydrogen-bond acceptors (Lipinski definition) is 4. The first-order valence-corrected chi connectivity index (χ1v) is 9.35. The van der Waals surface area contributed by atoms with Crippen LogP contribution >= 0.6 is 23.0 Å². The number of pyridine rings is 1. The highest BCUT2D eigenvalue weighted by Gasteiger charge is 2.24. The molecule has 0 radical (unpaired) electrons. The van der Waals surface area contributed by atoms with Crippen molar-refractivity contribution < 1.29 is 16.9 Å². The Morgan fingerprint density at radius 1 is 1.19 bits per heavy atom. The molecule has 2 aromatic heterocycles. The average molecular weight is 476 g/mol. The molecule has 0 bridgehead atoms. The van der Waals surface area contributed by atoms with E-state index in [1.54, 1.807) is 24.4 Å². The Morgan fingerprint density at radius 3 is 2.93 bits per heavy atom. The van der Waals surface area contributed by atoms with Crippen LogP contribution in [0.5, 0.6) is 23.0 Å². The van der Waals surface area contributed by atoms with Crippen LogP contribution < -0.4 is 12.5 Å². The van der Waals surface area contributed by atoms with Gasteiger partial charge in [-0.05, 0) is 31.2 Å². The van der Waals surface area contributed by atoms with Crippen LogP contribution in [0.25, 0.3) is 21.8 Å². The quantitative estimate of drug-likeness (QED) is 0.390. The SMILES string of the molecule is Cc1cc2c(F)c(Oc3ccnc4cc(OI)c5c(c34)CCO5)ccc2[nH]1. The minimum absolute atomic E-state index is 0.177. The van der Waals surface area contributed by atoms with Gasteiger partial charge in [-0.15, -0.1) is 0 Å². The lowest BCUT2D eigenvalue weighted by molar-refractivity contribution is 0.350. The summed E-state index contributed by atoms with van der Waals surface area (Å²) < 4.78 is 32.1. The second kappa shape index (κ2) is 6.26. The predicted molar refractivity (Wildman–Crippen MR) is 109 cm³/mol. The van der Waals surface area contributed by atoms with Gasteiger partial charge in [0.25, 0.3) is 0 Å². The summed E-state index contributed by atoms with van der Waals surface area (Å²) >= 11 is 1.83. The van der Waals surface area contributed by atoms with E-state index in [1.165, 1.54) is 0 Å². The van der Waals surface area contributed by atoms with Crippen LogP contribution in [-0.2, 0) is 6.42 Å². The van der Waals surface area contributed by atoms with Gasteiger partial charge in [0, 0.05) is 40.8 Å². The number of halogens is 2. The Labute approximate surface area is 168 Å². The number of ether oxygens (including phenoxy) is 2. The van der Waals surface area contributed by atoms with Gasteiger partial charge in [-0.1, -0.05) is 0 Å². The fourth-order valence-electron chi connectivity index (χ4n) is 3.60. The molecule has 0 saturated heterocycles. The fraction of sp³-hybridized carbons (Fsp3) is 0.150. The first kappa shape index (κ1) is 16.6. The van der Waals surface area contributed by atoms with Crippen LogP contribution in [0.1, 0.15) is 11.3 Å². The van der Waals surface area contributed by atoms with Gasteiger partial charge in [-0.25, -0.2) is 4.39 Å². The molecule has 0 atom stereocenters. The highest BCUT2D eigenvalue weighted by atomic mass is 127. The van der Waals surface area contributed by atoms with Crippen LogP contribution in [0.15, 0.2) is 36.5 Å². The lowest BCUT2D eigenvalue weighted by atomic mass is 10.0. The number of aromatic nitrogens is 2. The topological polar surface area (TPSA) is 56.4 Å². The van der Waals surface area contributed by atoms with Crippen LogP contribution in [0.3, 0.4) is 0 Å². The van der Waals surface area contributed by atoms with Gasteiger partial charge >= 0.3 is 0 Å². The number of nitrogens with one attached hydrogen (secondary N) is 1. The molecule has 7 heteroatoms. The molecule has 1 aliphatic rings. The summed E-state index contributed by atoms with van der Waals surface area (Å²) in [6.07, 6.45) is 2.37. The second-order valence-electron chi connectivity index (χ2n) is 6.45. The number of hydrogen-bond donors (Lipinski definition) is 1. The Morgan fingerprint density at radius 2 is 2.07 bits per heavy atom. The summed E-state index contributed by atoms with van der Waals surface area (Å²) in [5, 5.41) is 1.34. The van der Waals surface area contributed by atoms with E-state index < -0.39 is 0 Å². The number of nitrogens with zero attached hydrogens (tertiary/aromatic N) is 1. The molecule has 1 aliphatic heterocycles. The average Bonchev–Trinajstić information content (AvgIpc) is 3.30. The molecule has 136 valence electrons. The zero-order chi connectivity index (χ0) is 18.5. The normalized spacial score (nSPS) is 13.0. The molecule has 0 aliphatic carbocycles. The van der Waals surface area contributed by atoms with Gasteiger partial charge in [0.1, 0.15) is 5.75 Å². The first-order valence-electron chi connectivity index (χ1n) is 8.47. The van der Waals surface area contributed by atoms with E-state index in [1.807, 2.05) is 42.1 Å². The molecular weight excluding hydrogens is 462 g/mol. The molecule has 0 unspecified atom stereocenters. The third-order valence-corrected chi connectivity index (χ3v) is 5.22. The van der Waals surface area contributed by atoms with Crippen molar-refractivity contribution in [1.29, 1.82) is 0 Å². The van der Waals surface area contributed by atoms with E-state index in [-0.39, 0.29) is 11.6 Å². The lowest BCUT2D eigenvalue weighted by Crippen LogP contribution is -1.94. The molecule has 4 aromatic rings. The van der Waals surface area contributed by atoms with Gasteiger partial charge in [0.05, 0.1) is 17.5 Å². The molecule has 1 N–H and O–H groups in total. The van der Waals surface area contributed by atoms with Crippen molar-refractivity contribution in [2.45, 2.75) is 13.3 Å². The minimum Gasteiger partial charge on any atom is -0.489 e. The summed E-state index contributed by atoms with van der Waals surface area (Å²) in [7, 11) is 0. The van der Waals surface area contributed by atoms with Crippen molar-refractivity contribution in [2.75, 3.05) is 6.61 Å². The van der Waals surface area contributed by atoms with Gasteiger partial charge in [0.2, 0.25) is 0 Å². The van der Waals surface area contributed by atoms with Gasteiger partial charge in [0.15, 0.2) is 46.1 Å². The molecule has 3 heterocycles. The highest BCUT2D eigenvalue weighted by Crippen LogP contribution is 2.45. The number of benzene rings is 2. The molecule has 5 rings (SSSR count). The van der Waals surface area contributed by atoms with Crippen LogP contribution in [0, 0.1) is 12.7 Å². The Kier molecular flexibility index (Phi) is 3.85. The zero-order valence-corrected chi connectivity index (χ0v) is 16.5. The van der Waals surface area contributed by atoms with E-state index in [0.717, 1.165) is 34.1 Å². The largest absolute Gasteiger partial charge is 0.489 e. The maximum atomic E-state index is 15.0. The maximum Gasteiger partial charge on any atom is 0.192 e. The first-order chi connectivity index (χ1) is 13.2. The van der Waals surface area contributed by atoms with Crippen molar-refractivity contribution in [3.05, 3.63) is 53.6 Å². The van der Waals surface area contributed by atoms with Crippen molar-refractivity contribution >= 4 is 44.8 Å². The molecule has 0 spiro atoms. The van der Waals surface area contributed by atoms with Crippen molar-refractivity contribution in [3.8, 4) is 23.0 Å². The fourth-order valence-corrected chi connectivity index (χ4v) is 3.93. The molecule has 0 amide bonds. The Bertz CT molecular complexity index is 1210. The van der Waals surface area contributed by atoms with E-state index in [0.29, 0.717) is 29.2 Å². The van der Waals surface area contributed by atoms with E-state index in [2.05, 4.69) is 9.97 Å². The Balaban J connectivity index is 1.68. The number of rotatable bonds is 3. The van der Waals surface area contributed by atoms with E-state index in [4.69, 9.17) is 12.5 Å². The minimum atomic E-state index is -0.387. The second-order valence-corrected chi connectivity index (χ2v) is 6.89. The summed E-state index contributed by atoms with van der Waals surface area (Å²) in [5.74, 6) is 1.67. The van der Waals surface area contributed by atoms with Gasteiger partial charge < -0.3 is 17.5 Å². The zero-order valence-electron chi connectivity index (χ0n) is 14.3. The van der Waals surface area contributed by atoms with E-state index in [9.17, 15) is 4.39 Å². The molecule has 2 aromatic carbocycles. The molecule has 5 nitrogen and oxygen atoms in total. The standard InChI is InChI=1S/C20H14FIN2O3/c1-10-8-12-13(24-10)2-3-16(19(12)21)26-15-4-6-23-14-9-17(27-22)20-11(18(14)15)5-7-25-20/h2-4,6,8-9,24H,5,7H2,1H3. The monoisotopic (exact) mass is 476 g/mol. The third-order valence-electron chi connectivity index (χ3n) is 4.75. The van der Waals surface area contributed by atoms with E-state index >= 15 is 0 Å². The molecule has 0 fully saturated rings. The van der Waals surface area contributed by atoms with Crippen LogP contribution in [0.4, 0.5) is 4.39 Å². The van der Waals surface area contributed by atoms with Crippen LogP contribution in [0.2, 0.25) is 0 Å². The number of fused-ring (bicyclic) bond motifs is 4. The summed E-state index contributed by atoms with van der Waals surface area (Å²) in [4.78, 5) is 7.56. The molecule has 27 heavy (non-hydrogen) atoms. The third kappa shape index (κ3) is 2.60. The number of H-pyrrole nitrogens is 1. The smallest absolute Gasteiger partial charge is 0.192 e. The highest BCUT2D eigenvalue weighted by molar-refractivity contribution is 14.1. The van der Waals surface area contributed by atoms with Crippen molar-refractivity contribution in [2.24, 2.45) is 0 Å². The summed E-state index contributed by atoms with van der Waals surface area (Å²) in [5.41, 5.74) is 3.34. The maximum absolute atomic E-state index is 15.0. The molecule has 0 saturated carbocycles. The van der Waals surface area contributed by atoms with Crippen molar-refractivity contribution in [3.63, 3.8) is 0 Å². The number of aromatic amines is 1. The van der Waals surface area contributed by atoms with Crippen molar-refractivity contribution in [1.82, 2.24) is 9.97 Å². The van der Waals surface area contributed by atoms with Gasteiger partial charge in [-0.2, -0.15) is 0 Å². The Hall–Kier alpha value is -2.55. The predicted octanol–water partition coefficient (Wildman–Crippen LogP) is 5.62. The number of aryl methyl sites for hydroxylation is 1. The summed E-state index contributed by atoms with van der Waals surface area (Å²) in [6.45, 7) is 2.46. The lowest BCUT2D eigenvalue weighted by Gasteiger charge is -2.13. The van der Waals surface area contributed by atoms with Crippen LogP contribution in [-0.4, -0.2) is 16.6 Å².